The zero-order chi connectivity index (χ0) is 14.6. The standard InChI is InChI=1S/C12H16N4O3S/c1-19-11-3-2-10(6-9(11)7-13)20(17,18)16-8-12-14-4-5-15-12/h2-6,16H,7-8,13H2,1H3,(H,14,15). The number of aromatic amines is 1. The molecule has 0 unspecified atom stereocenters. The number of aromatic nitrogens is 2. The molecular weight excluding hydrogens is 280 g/mol. The van der Waals surface area contributed by atoms with Gasteiger partial charge in [-0.15, -0.1) is 0 Å². The summed E-state index contributed by atoms with van der Waals surface area (Å²) >= 11 is 0. The van der Waals surface area contributed by atoms with Crippen molar-refractivity contribution in [3.05, 3.63) is 42.0 Å². The quantitative estimate of drug-likeness (QED) is 0.712. The van der Waals surface area contributed by atoms with Crippen molar-refractivity contribution in [2.24, 2.45) is 5.73 Å². The smallest absolute Gasteiger partial charge is 0.240 e. The van der Waals surface area contributed by atoms with Gasteiger partial charge in [0.2, 0.25) is 10.0 Å². The molecule has 8 heteroatoms. The molecule has 1 aromatic heterocycles. The van der Waals surface area contributed by atoms with Crippen molar-refractivity contribution in [3.63, 3.8) is 0 Å². The molecule has 0 aliphatic carbocycles. The van der Waals surface area contributed by atoms with Gasteiger partial charge < -0.3 is 15.5 Å². The number of imidazole rings is 1. The highest BCUT2D eigenvalue weighted by atomic mass is 32.2. The SMILES string of the molecule is COc1ccc(S(=O)(=O)NCc2ncc[nH]2)cc1CN. The van der Waals surface area contributed by atoms with Gasteiger partial charge in [0.05, 0.1) is 18.6 Å². The normalized spacial score (nSPS) is 11.5. The third-order valence-electron chi connectivity index (χ3n) is 2.77. The number of methoxy groups -OCH3 is 1. The summed E-state index contributed by atoms with van der Waals surface area (Å²) in [5.74, 6) is 1.11. The van der Waals surface area contributed by atoms with Crippen molar-refractivity contribution >= 4 is 10.0 Å². The molecule has 1 heterocycles. The van der Waals surface area contributed by atoms with Crippen LogP contribution in [0.1, 0.15) is 11.4 Å². The summed E-state index contributed by atoms with van der Waals surface area (Å²) in [7, 11) is -2.10. The molecule has 2 aromatic rings. The summed E-state index contributed by atoms with van der Waals surface area (Å²) in [4.78, 5) is 6.92. The van der Waals surface area contributed by atoms with Crippen LogP contribution >= 0.6 is 0 Å². The fourth-order valence-electron chi connectivity index (χ4n) is 1.72. The van der Waals surface area contributed by atoms with Gasteiger partial charge in [0.15, 0.2) is 0 Å². The van der Waals surface area contributed by atoms with Crippen molar-refractivity contribution in [1.82, 2.24) is 14.7 Å². The lowest BCUT2D eigenvalue weighted by Gasteiger charge is -2.10. The largest absolute Gasteiger partial charge is 0.496 e. The van der Waals surface area contributed by atoms with E-state index in [-0.39, 0.29) is 18.0 Å². The average Bonchev–Trinajstić information content (AvgIpc) is 2.97. The molecule has 0 aliphatic rings. The van der Waals surface area contributed by atoms with Crippen LogP contribution in [0.15, 0.2) is 35.5 Å². The van der Waals surface area contributed by atoms with Gasteiger partial charge in [-0.1, -0.05) is 0 Å². The molecular formula is C12H16N4O3S. The number of nitrogens with one attached hydrogen (secondary N) is 2. The van der Waals surface area contributed by atoms with Crippen molar-refractivity contribution in [3.8, 4) is 5.75 Å². The maximum atomic E-state index is 12.2. The molecule has 0 radical (unpaired) electrons. The molecule has 0 spiro atoms. The summed E-state index contributed by atoms with van der Waals surface area (Å²) < 4.78 is 31.9. The van der Waals surface area contributed by atoms with E-state index in [1.54, 1.807) is 18.5 Å². The van der Waals surface area contributed by atoms with E-state index in [1.807, 2.05) is 0 Å². The molecule has 108 valence electrons. The molecule has 0 saturated carbocycles. The van der Waals surface area contributed by atoms with Crippen LogP contribution in [0.5, 0.6) is 5.75 Å². The Morgan fingerprint density at radius 3 is 2.85 bits per heavy atom. The van der Waals surface area contributed by atoms with E-state index in [1.165, 1.54) is 19.2 Å². The van der Waals surface area contributed by atoms with E-state index in [4.69, 9.17) is 10.5 Å². The maximum Gasteiger partial charge on any atom is 0.240 e. The summed E-state index contributed by atoms with van der Waals surface area (Å²) in [5, 5.41) is 0. The first kappa shape index (κ1) is 14.5. The fourth-order valence-corrected chi connectivity index (χ4v) is 2.76. The zero-order valence-corrected chi connectivity index (χ0v) is 11.8. The van der Waals surface area contributed by atoms with Gasteiger partial charge in [0.25, 0.3) is 0 Å². The lowest BCUT2D eigenvalue weighted by atomic mass is 10.2. The highest BCUT2D eigenvalue weighted by Crippen LogP contribution is 2.21. The van der Waals surface area contributed by atoms with Gasteiger partial charge >= 0.3 is 0 Å². The first-order valence-electron chi connectivity index (χ1n) is 5.91. The first-order chi connectivity index (χ1) is 9.56. The van der Waals surface area contributed by atoms with E-state index >= 15 is 0 Å². The summed E-state index contributed by atoms with van der Waals surface area (Å²) in [6.45, 7) is 0.296. The minimum Gasteiger partial charge on any atom is -0.496 e. The van der Waals surface area contributed by atoms with E-state index in [0.717, 1.165) is 0 Å². The Morgan fingerprint density at radius 2 is 2.25 bits per heavy atom. The second kappa shape index (κ2) is 6.04. The number of H-pyrrole nitrogens is 1. The topological polar surface area (TPSA) is 110 Å². The lowest BCUT2D eigenvalue weighted by molar-refractivity contribution is 0.409. The zero-order valence-electron chi connectivity index (χ0n) is 11.0. The fraction of sp³-hybridized carbons (Fsp3) is 0.250. The van der Waals surface area contributed by atoms with E-state index in [2.05, 4.69) is 14.7 Å². The van der Waals surface area contributed by atoms with Gasteiger partial charge in [-0.05, 0) is 18.2 Å². The molecule has 0 atom stereocenters. The molecule has 0 bridgehead atoms. The minimum atomic E-state index is -3.62. The Kier molecular flexibility index (Phi) is 4.38. The molecule has 0 fully saturated rings. The maximum absolute atomic E-state index is 12.2. The van der Waals surface area contributed by atoms with Crippen LogP contribution in [-0.2, 0) is 23.1 Å². The second-order valence-electron chi connectivity index (χ2n) is 4.04. The third-order valence-corrected chi connectivity index (χ3v) is 4.17. The summed E-state index contributed by atoms with van der Waals surface area (Å²) in [6.07, 6.45) is 3.19. The van der Waals surface area contributed by atoms with Crippen LogP contribution in [0.25, 0.3) is 0 Å². The van der Waals surface area contributed by atoms with Crippen molar-refractivity contribution in [2.45, 2.75) is 18.0 Å². The van der Waals surface area contributed by atoms with Crippen LogP contribution in [0.4, 0.5) is 0 Å². The monoisotopic (exact) mass is 296 g/mol. The number of benzene rings is 1. The van der Waals surface area contributed by atoms with Crippen LogP contribution in [0, 0.1) is 0 Å². The third kappa shape index (κ3) is 3.16. The number of nitrogens with two attached hydrogens (primary N) is 1. The number of nitrogens with zero attached hydrogens (tertiary/aromatic N) is 1. The Morgan fingerprint density at radius 1 is 1.45 bits per heavy atom. The molecule has 1 aromatic carbocycles. The summed E-state index contributed by atoms with van der Waals surface area (Å²) in [5.41, 5.74) is 6.21. The van der Waals surface area contributed by atoms with Gasteiger partial charge in [-0.2, -0.15) is 0 Å². The number of ether oxygens (including phenoxy) is 1. The van der Waals surface area contributed by atoms with E-state index in [0.29, 0.717) is 17.1 Å². The van der Waals surface area contributed by atoms with E-state index < -0.39 is 10.0 Å². The van der Waals surface area contributed by atoms with Crippen LogP contribution in [0.2, 0.25) is 0 Å². The van der Waals surface area contributed by atoms with Gasteiger partial charge in [0, 0.05) is 24.5 Å². The summed E-state index contributed by atoms with van der Waals surface area (Å²) in [6, 6.07) is 4.56. The van der Waals surface area contributed by atoms with Crippen LogP contribution in [-0.4, -0.2) is 25.5 Å². The van der Waals surface area contributed by atoms with Crippen molar-refractivity contribution in [2.75, 3.05) is 7.11 Å². The Balaban J connectivity index is 2.20. The number of hydrogen-bond acceptors (Lipinski definition) is 5. The Labute approximate surface area is 117 Å². The van der Waals surface area contributed by atoms with Gasteiger partial charge in [0.1, 0.15) is 11.6 Å². The van der Waals surface area contributed by atoms with Crippen molar-refractivity contribution in [1.29, 1.82) is 0 Å². The molecule has 4 N–H and O–H groups in total. The molecule has 2 rings (SSSR count). The van der Waals surface area contributed by atoms with Crippen molar-refractivity contribution < 1.29 is 13.2 Å². The predicted molar refractivity (Wildman–Crippen MR) is 73.5 cm³/mol. The van der Waals surface area contributed by atoms with E-state index in [9.17, 15) is 8.42 Å². The molecule has 0 amide bonds. The van der Waals surface area contributed by atoms with Gasteiger partial charge in [-0.25, -0.2) is 18.1 Å². The lowest BCUT2D eigenvalue weighted by Crippen LogP contribution is -2.24. The number of sulfonamides is 1. The first-order valence-corrected chi connectivity index (χ1v) is 7.40. The second-order valence-corrected chi connectivity index (χ2v) is 5.81. The minimum absolute atomic E-state index is 0.0965. The number of rotatable bonds is 6. The molecule has 7 nitrogen and oxygen atoms in total. The Hall–Kier alpha value is -1.90. The van der Waals surface area contributed by atoms with Crippen LogP contribution in [0.3, 0.4) is 0 Å². The van der Waals surface area contributed by atoms with Crippen LogP contribution < -0.4 is 15.2 Å². The predicted octanol–water partition coefficient (Wildman–Crippen LogP) is 0.355. The number of hydrogen-bond donors (Lipinski definition) is 3. The molecule has 0 saturated heterocycles. The average molecular weight is 296 g/mol. The highest BCUT2D eigenvalue weighted by molar-refractivity contribution is 7.89. The van der Waals surface area contributed by atoms with Gasteiger partial charge in [-0.3, -0.25) is 0 Å². The Bertz CT molecular complexity index is 668. The molecule has 20 heavy (non-hydrogen) atoms. The molecule has 0 aliphatic heterocycles. The highest BCUT2D eigenvalue weighted by Gasteiger charge is 2.16.